The van der Waals surface area contributed by atoms with Crippen molar-refractivity contribution in [2.45, 2.75) is 32.1 Å². The molecule has 0 saturated carbocycles. The first kappa shape index (κ1) is 21.3. The molecule has 0 radical (unpaired) electrons. The molecule has 1 atom stereocenters. The van der Waals surface area contributed by atoms with Gasteiger partial charge in [-0.05, 0) is 48.6 Å². The first-order valence-corrected chi connectivity index (χ1v) is 11.1. The fourth-order valence-electron chi connectivity index (χ4n) is 3.22. The van der Waals surface area contributed by atoms with Gasteiger partial charge in [-0.1, -0.05) is 32.9 Å². The van der Waals surface area contributed by atoms with Gasteiger partial charge in [0.2, 0.25) is 6.79 Å². The summed E-state index contributed by atoms with van der Waals surface area (Å²) in [6.07, 6.45) is 0.565. The van der Waals surface area contributed by atoms with Crippen LogP contribution in [0.3, 0.4) is 0 Å². The Hall–Kier alpha value is -2.45. The summed E-state index contributed by atoms with van der Waals surface area (Å²) in [6.45, 7) is 6.62. The van der Waals surface area contributed by atoms with Crippen molar-refractivity contribution in [3.05, 3.63) is 42.0 Å². The molecule has 7 nitrogen and oxygen atoms in total. The van der Waals surface area contributed by atoms with Gasteiger partial charge >= 0.3 is 0 Å². The number of para-hydroxylation sites is 1. The number of hydrogen-bond acceptors (Lipinski definition) is 6. The van der Waals surface area contributed by atoms with Gasteiger partial charge in [0.25, 0.3) is 10.0 Å². The topological polar surface area (TPSA) is 102 Å². The second-order valence-electron chi connectivity index (χ2n) is 7.77. The Bertz CT molecular complexity index is 975. The van der Waals surface area contributed by atoms with Crippen molar-refractivity contribution in [1.82, 2.24) is 0 Å². The van der Waals surface area contributed by atoms with Crippen LogP contribution in [0.1, 0.15) is 26.3 Å². The number of benzene rings is 2. The van der Waals surface area contributed by atoms with Crippen LogP contribution in [0.4, 0.5) is 5.69 Å². The summed E-state index contributed by atoms with van der Waals surface area (Å²) in [5.41, 5.74) is 6.65. The number of nitrogens with two attached hydrogens (primary N) is 1. The summed E-state index contributed by atoms with van der Waals surface area (Å²) in [6, 6.07) is 9.72. The number of aromatic hydroxyl groups is 1. The van der Waals surface area contributed by atoms with Crippen LogP contribution < -0.4 is 19.5 Å². The van der Waals surface area contributed by atoms with Gasteiger partial charge in [0.15, 0.2) is 11.5 Å². The lowest BCUT2D eigenvalue weighted by atomic mass is 10.00. The SMILES string of the molecule is CC(C)CN(c1cccc(C[C@@H](C)CN)c1O)S(=O)(=O)c1ccc2c(c1)OCO2. The molecule has 1 aliphatic rings. The molecule has 0 amide bonds. The van der Waals surface area contributed by atoms with Gasteiger partial charge in [0.1, 0.15) is 5.75 Å². The van der Waals surface area contributed by atoms with Gasteiger partial charge < -0.3 is 20.3 Å². The minimum absolute atomic E-state index is 0.0298. The number of fused-ring (bicyclic) bond motifs is 1. The van der Waals surface area contributed by atoms with Gasteiger partial charge in [-0.15, -0.1) is 0 Å². The average Bonchev–Trinajstić information content (AvgIpc) is 3.15. The molecule has 3 N–H and O–H groups in total. The molecule has 0 saturated heterocycles. The number of ether oxygens (including phenoxy) is 2. The zero-order valence-electron chi connectivity index (χ0n) is 17.0. The van der Waals surface area contributed by atoms with E-state index >= 15 is 0 Å². The van der Waals surface area contributed by atoms with Crippen LogP contribution in [-0.2, 0) is 16.4 Å². The summed E-state index contributed by atoms with van der Waals surface area (Å²) in [5.74, 6) is 1.09. The summed E-state index contributed by atoms with van der Waals surface area (Å²) < 4.78 is 38.9. The third-order valence-electron chi connectivity index (χ3n) is 4.80. The van der Waals surface area contributed by atoms with Crippen LogP contribution in [0.25, 0.3) is 0 Å². The predicted octanol–water partition coefficient (Wildman–Crippen LogP) is 3.11. The quantitative estimate of drug-likeness (QED) is 0.680. The van der Waals surface area contributed by atoms with Crippen LogP contribution in [0.5, 0.6) is 17.2 Å². The monoisotopic (exact) mass is 420 g/mol. The molecule has 0 aromatic heterocycles. The Morgan fingerprint density at radius 3 is 2.55 bits per heavy atom. The highest BCUT2D eigenvalue weighted by Crippen LogP contribution is 2.39. The molecule has 2 aromatic rings. The molecule has 29 heavy (non-hydrogen) atoms. The first-order chi connectivity index (χ1) is 13.7. The number of sulfonamides is 1. The van der Waals surface area contributed by atoms with Gasteiger partial charge in [-0.2, -0.15) is 0 Å². The van der Waals surface area contributed by atoms with Gasteiger partial charge in [-0.25, -0.2) is 8.42 Å². The van der Waals surface area contributed by atoms with Crippen LogP contribution in [0, 0.1) is 11.8 Å². The largest absolute Gasteiger partial charge is 0.505 e. The third-order valence-corrected chi connectivity index (χ3v) is 6.58. The number of rotatable bonds is 8. The van der Waals surface area contributed by atoms with E-state index < -0.39 is 10.0 Å². The lowest BCUT2D eigenvalue weighted by Crippen LogP contribution is -2.34. The second-order valence-corrected chi connectivity index (χ2v) is 9.64. The van der Waals surface area contributed by atoms with E-state index in [1.54, 1.807) is 24.3 Å². The number of anilines is 1. The lowest BCUT2D eigenvalue weighted by molar-refractivity contribution is 0.174. The highest BCUT2D eigenvalue weighted by molar-refractivity contribution is 7.92. The Morgan fingerprint density at radius 1 is 1.14 bits per heavy atom. The van der Waals surface area contributed by atoms with Crippen LogP contribution in [-0.4, -0.2) is 33.4 Å². The lowest BCUT2D eigenvalue weighted by Gasteiger charge is -2.28. The van der Waals surface area contributed by atoms with Crippen molar-refractivity contribution in [3.63, 3.8) is 0 Å². The Kier molecular flexibility index (Phi) is 6.24. The molecular weight excluding hydrogens is 392 g/mol. The molecule has 0 bridgehead atoms. The van der Waals surface area contributed by atoms with E-state index in [9.17, 15) is 13.5 Å². The van der Waals surface area contributed by atoms with Crippen LogP contribution in [0.15, 0.2) is 41.3 Å². The molecule has 0 unspecified atom stereocenters. The zero-order valence-corrected chi connectivity index (χ0v) is 17.8. The number of phenols is 1. The fourth-order valence-corrected chi connectivity index (χ4v) is 4.88. The fraction of sp³-hybridized carbons (Fsp3) is 0.429. The summed E-state index contributed by atoms with van der Waals surface area (Å²) >= 11 is 0. The molecule has 0 fully saturated rings. The smallest absolute Gasteiger partial charge is 0.264 e. The minimum atomic E-state index is -3.93. The number of hydrogen-bond donors (Lipinski definition) is 2. The van der Waals surface area contributed by atoms with E-state index in [0.717, 1.165) is 0 Å². The van der Waals surface area contributed by atoms with Gasteiger partial charge in [0.05, 0.1) is 10.6 Å². The van der Waals surface area contributed by atoms with Gasteiger partial charge in [-0.3, -0.25) is 4.31 Å². The predicted molar refractivity (Wildman–Crippen MR) is 112 cm³/mol. The summed E-state index contributed by atoms with van der Waals surface area (Å²) in [7, 11) is -3.93. The Balaban J connectivity index is 2.05. The Labute approximate surface area is 172 Å². The maximum Gasteiger partial charge on any atom is 0.264 e. The molecule has 1 aliphatic heterocycles. The molecule has 2 aromatic carbocycles. The molecule has 1 heterocycles. The molecular formula is C21H28N2O5S. The highest BCUT2D eigenvalue weighted by atomic mass is 32.2. The molecule has 8 heteroatoms. The molecule has 158 valence electrons. The van der Waals surface area contributed by atoms with E-state index in [2.05, 4.69) is 0 Å². The van der Waals surface area contributed by atoms with Crippen LogP contribution in [0.2, 0.25) is 0 Å². The van der Waals surface area contributed by atoms with Crippen molar-refractivity contribution in [3.8, 4) is 17.2 Å². The minimum Gasteiger partial charge on any atom is -0.505 e. The second kappa shape index (κ2) is 8.51. The van der Waals surface area contributed by atoms with E-state index in [1.165, 1.54) is 16.4 Å². The third kappa shape index (κ3) is 4.43. The van der Waals surface area contributed by atoms with Crippen molar-refractivity contribution >= 4 is 15.7 Å². The number of phenolic OH excluding ortho intramolecular Hbond substituents is 1. The molecule has 0 aliphatic carbocycles. The summed E-state index contributed by atoms with van der Waals surface area (Å²) in [5, 5.41) is 10.9. The molecule has 0 spiro atoms. The maximum absolute atomic E-state index is 13.5. The Morgan fingerprint density at radius 2 is 1.86 bits per heavy atom. The van der Waals surface area contributed by atoms with E-state index in [4.69, 9.17) is 15.2 Å². The van der Waals surface area contributed by atoms with Crippen LogP contribution >= 0.6 is 0 Å². The van der Waals surface area contributed by atoms with E-state index in [1.807, 2.05) is 20.8 Å². The van der Waals surface area contributed by atoms with E-state index in [0.29, 0.717) is 30.0 Å². The van der Waals surface area contributed by atoms with Crippen molar-refractivity contribution in [1.29, 1.82) is 0 Å². The highest BCUT2D eigenvalue weighted by Gasteiger charge is 2.30. The standard InChI is InChI=1S/C21H28N2O5S/c1-14(2)12-23(18-6-4-5-16(21(18)24)9-15(3)11-22)29(25,26)17-7-8-19-20(10-17)28-13-27-19/h4-8,10,14-15,24H,9,11-13,22H2,1-3H3/t15-/m1/s1. The van der Waals surface area contributed by atoms with Crippen molar-refractivity contribution < 1.29 is 23.0 Å². The first-order valence-electron chi connectivity index (χ1n) is 9.67. The normalized spacial score (nSPS) is 14.2. The van der Waals surface area contributed by atoms with Crippen molar-refractivity contribution in [2.24, 2.45) is 17.6 Å². The van der Waals surface area contributed by atoms with Gasteiger partial charge in [0, 0.05) is 12.6 Å². The van der Waals surface area contributed by atoms with Crippen molar-refractivity contribution in [2.75, 3.05) is 24.2 Å². The van der Waals surface area contributed by atoms with E-state index in [-0.39, 0.29) is 41.5 Å². The maximum atomic E-state index is 13.5. The number of nitrogens with zero attached hydrogens (tertiary/aromatic N) is 1. The average molecular weight is 421 g/mol. The molecule has 3 rings (SSSR count). The zero-order chi connectivity index (χ0) is 21.2. The summed E-state index contributed by atoms with van der Waals surface area (Å²) in [4.78, 5) is 0.0857.